The summed E-state index contributed by atoms with van der Waals surface area (Å²) in [6, 6.07) is 4.59. The zero-order chi connectivity index (χ0) is 10.1. The molecule has 0 aliphatic rings. The minimum Gasteiger partial charge on any atom is -0.330 e. The minimum atomic E-state index is -3.79. The molecule has 1 rings (SSSR count). The van der Waals surface area contributed by atoms with Crippen LogP contribution in [0.25, 0.3) is 0 Å². The van der Waals surface area contributed by atoms with Crippen molar-refractivity contribution in [3.8, 4) is 0 Å². The fraction of sp³-hybridized carbons (Fsp3) is 0. The quantitative estimate of drug-likeness (QED) is 0.409. The van der Waals surface area contributed by atoms with Crippen LogP contribution in [0.4, 0.5) is 5.69 Å². The second kappa shape index (κ2) is 3.26. The number of rotatable bonds is 2. The molecule has 0 aliphatic carbocycles. The lowest BCUT2D eigenvalue weighted by Gasteiger charge is -2.03. The Balaban J connectivity index is 3.08. The summed E-state index contributed by atoms with van der Waals surface area (Å²) in [5, 5.41) is 10.2. The predicted molar refractivity (Wildman–Crippen MR) is 46.7 cm³/mol. The van der Waals surface area contributed by atoms with Gasteiger partial charge >= 0.3 is 0 Å². The van der Waals surface area contributed by atoms with Gasteiger partial charge < -0.3 is 4.89 Å². The van der Waals surface area contributed by atoms with Crippen LogP contribution in [0, 0.1) is 10.1 Å². The highest BCUT2D eigenvalue weighted by atomic mass is 31.2. The van der Waals surface area contributed by atoms with Gasteiger partial charge in [-0.2, -0.15) is 0 Å². The molecule has 70 valence electrons. The first kappa shape index (κ1) is 9.85. The molecular formula is C6H7N2O4P. The highest BCUT2D eigenvalue weighted by Crippen LogP contribution is 2.28. The number of hydrogen-bond donors (Lipinski definition) is 2. The summed E-state index contributed by atoms with van der Waals surface area (Å²) in [5.41, 5.74) is 4.78. The van der Waals surface area contributed by atoms with Crippen molar-refractivity contribution < 1.29 is 14.4 Å². The highest BCUT2D eigenvalue weighted by molar-refractivity contribution is 7.63. The Bertz CT molecular complexity index is 369. The SMILES string of the molecule is NP(=O)(O)c1ccc([N+](=O)[O-])cc1. The van der Waals surface area contributed by atoms with Gasteiger partial charge in [-0.25, -0.2) is 0 Å². The van der Waals surface area contributed by atoms with Crippen molar-refractivity contribution in [2.45, 2.75) is 0 Å². The Morgan fingerprint density at radius 3 is 2.15 bits per heavy atom. The van der Waals surface area contributed by atoms with Crippen molar-refractivity contribution in [2.75, 3.05) is 0 Å². The van der Waals surface area contributed by atoms with E-state index in [4.69, 9.17) is 10.4 Å². The van der Waals surface area contributed by atoms with Gasteiger partial charge in [-0.05, 0) is 12.1 Å². The van der Waals surface area contributed by atoms with E-state index in [1.165, 1.54) is 12.1 Å². The summed E-state index contributed by atoms with van der Waals surface area (Å²) in [6.45, 7) is 0. The van der Waals surface area contributed by atoms with Gasteiger partial charge in [0, 0.05) is 12.1 Å². The van der Waals surface area contributed by atoms with Gasteiger partial charge in [0.15, 0.2) is 0 Å². The van der Waals surface area contributed by atoms with Crippen LogP contribution in [0.1, 0.15) is 0 Å². The normalized spacial score (nSPS) is 14.9. The number of nitro benzene ring substituents is 1. The lowest BCUT2D eigenvalue weighted by Crippen LogP contribution is -2.10. The maximum Gasteiger partial charge on any atom is 0.294 e. The van der Waals surface area contributed by atoms with Crippen LogP contribution in [-0.4, -0.2) is 9.82 Å². The maximum atomic E-state index is 10.9. The summed E-state index contributed by atoms with van der Waals surface area (Å²) in [5.74, 6) is 0. The third-order valence-electron chi connectivity index (χ3n) is 1.43. The second-order valence-electron chi connectivity index (χ2n) is 2.40. The van der Waals surface area contributed by atoms with Gasteiger partial charge in [0.05, 0.1) is 10.2 Å². The molecule has 0 bridgehead atoms. The van der Waals surface area contributed by atoms with Crippen molar-refractivity contribution in [1.82, 2.24) is 0 Å². The molecule has 0 fully saturated rings. The first-order valence-corrected chi connectivity index (χ1v) is 5.00. The van der Waals surface area contributed by atoms with Crippen molar-refractivity contribution in [3.63, 3.8) is 0 Å². The molecule has 0 amide bonds. The summed E-state index contributed by atoms with van der Waals surface area (Å²) in [6.07, 6.45) is 0. The van der Waals surface area contributed by atoms with Crippen molar-refractivity contribution in [2.24, 2.45) is 5.50 Å². The largest absolute Gasteiger partial charge is 0.330 e. The zero-order valence-corrected chi connectivity index (χ0v) is 7.35. The van der Waals surface area contributed by atoms with E-state index in [9.17, 15) is 14.7 Å². The molecule has 0 saturated carbocycles. The molecule has 1 aromatic rings. The number of non-ortho nitro benzene ring substituents is 1. The Morgan fingerprint density at radius 1 is 1.38 bits per heavy atom. The number of benzene rings is 1. The van der Waals surface area contributed by atoms with E-state index in [2.05, 4.69) is 0 Å². The predicted octanol–water partition coefficient (Wildman–Crippen LogP) is 0.364. The fourth-order valence-electron chi connectivity index (χ4n) is 0.788. The van der Waals surface area contributed by atoms with E-state index in [0.717, 1.165) is 12.1 Å². The Kier molecular flexibility index (Phi) is 2.47. The van der Waals surface area contributed by atoms with E-state index in [0.29, 0.717) is 0 Å². The average Bonchev–Trinajstić information content (AvgIpc) is 2.03. The van der Waals surface area contributed by atoms with E-state index >= 15 is 0 Å². The first-order valence-electron chi connectivity index (χ1n) is 3.27. The second-order valence-corrected chi connectivity index (χ2v) is 4.16. The first-order chi connectivity index (χ1) is 5.91. The summed E-state index contributed by atoms with van der Waals surface area (Å²) >= 11 is 0. The molecule has 1 atom stereocenters. The lowest BCUT2D eigenvalue weighted by molar-refractivity contribution is -0.384. The van der Waals surface area contributed by atoms with Gasteiger partial charge in [-0.3, -0.25) is 20.2 Å². The molecule has 7 heteroatoms. The van der Waals surface area contributed by atoms with Crippen LogP contribution < -0.4 is 10.8 Å². The van der Waals surface area contributed by atoms with Crippen molar-refractivity contribution in [1.29, 1.82) is 0 Å². The van der Waals surface area contributed by atoms with Gasteiger partial charge in [0.25, 0.3) is 13.2 Å². The van der Waals surface area contributed by atoms with Gasteiger partial charge in [0.2, 0.25) is 0 Å². The molecule has 0 aliphatic heterocycles. The van der Waals surface area contributed by atoms with Crippen LogP contribution >= 0.6 is 7.52 Å². The summed E-state index contributed by atoms with van der Waals surface area (Å²) in [4.78, 5) is 18.5. The monoisotopic (exact) mass is 202 g/mol. The molecule has 1 unspecified atom stereocenters. The molecule has 0 heterocycles. The van der Waals surface area contributed by atoms with Crippen molar-refractivity contribution in [3.05, 3.63) is 34.4 Å². The van der Waals surface area contributed by atoms with E-state index in [1.807, 2.05) is 0 Å². The molecule has 0 saturated heterocycles. The summed E-state index contributed by atoms with van der Waals surface area (Å²) < 4.78 is 10.9. The molecule has 3 N–H and O–H groups in total. The van der Waals surface area contributed by atoms with Crippen LogP contribution in [0.2, 0.25) is 0 Å². The number of nitro groups is 1. The molecule has 0 aromatic heterocycles. The third kappa shape index (κ3) is 2.35. The fourth-order valence-corrected chi connectivity index (χ4v) is 1.36. The molecule has 1 aromatic carbocycles. The Morgan fingerprint density at radius 2 is 1.85 bits per heavy atom. The molecule has 13 heavy (non-hydrogen) atoms. The maximum absolute atomic E-state index is 10.9. The summed E-state index contributed by atoms with van der Waals surface area (Å²) in [7, 11) is -3.79. The lowest BCUT2D eigenvalue weighted by atomic mass is 10.3. The molecular weight excluding hydrogens is 195 g/mol. The van der Waals surface area contributed by atoms with E-state index in [1.54, 1.807) is 0 Å². The average molecular weight is 202 g/mol. The molecule has 0 radical (unpaired) electrons. The number of hydrogen-bond acceptors (Lipinski definition) is 3. The number of nitrogens with zero attached hydrogens (tertiary/aromatic N) is 1. The van der Waals surface area contributed by atoms with Gasteiger partial charge in [-0.15, -0.1) is 0 Å². The minimum absolute atomic E-state index is 0.00176. The Hall–Kier alpha value is -1.23. The van der Waals surface area contributed by atoms with E-state index < -0.39 is 12.4 Å². The van der Waals surface area contributed by atoms with Gasteiger partial charge in [-0.1, -0.05) is 0 Å². The van der Waals surface area contributed by atoms with Crippen LogP contribution in [0.3, 0.4) is 0 Å². The van der Waals surface area contributed by atoms with Crippen LogP contribution in [0.15, 0.2) is 24.3 Å². The standard InChI is InChI=1S/C6H7N2O4P/c7-13(11,12)6-3-1-5(2-4-6)8(9)10/h1-4H,(H3,7,11,12). The zero-order valence-electron chi connectivity index (χ0n) is 6.45. The van der Waals surface area contributed by atoms with E-state index in [-0.39, 0.29) is 11.0 Å². The van der Waals surface area contributed by atoms with Gasteiger partial charge in [0.1, 0.15) is 0 Å². The number of nitrogens with two attached hydrogens (primary N) is 1. The Labute approximate surface area is 73.7 Å². The van der Waals surface area contributed by atoms with Crippen LogP contribution in [0.5, 0.6) is 0 Å². The third-order valence-corrected chi connectivity index (χ3v) is 2.47. The highest BCUT2D eigenvalue weighted by Gasteiger charge is 2.15. The molecule has 6 nitrogen and oxygen atoms in total. The topological polar surface area (TPSA) is 106 Å². The molecule has 0 spiro atoms. The van der Waals surface area contributed by atoms with Crippen molar-refractivity contribution >= 4 is 18.5 Å². The smallest absolute Gasteiger partial charge is 0.294 e. The van der Waals surface area contributed by atoms with Crippen LogP contribution in [-0.2, 0) is 4.57 Å².